The minimum Gasteiger partial charge on any atom is -0.486 e. The molecule has 2 heterocycles. The molecule has 0 saturated carbocycles. The van der Waals surface area contributed by atoms with Gasteiger partial charge in [0, 0.05) is 24.7 Å². The average molecular weight is 424 g/mol. The highest BCUT2D eigenvalue weighted by molar-refractivity contribution is 5.94. The van der Waals surface area contributed by atoms with Gasteiger partial charge in [0.05, 0.1) is 11.7 Å². The van der Waals surface area contributed by atoms with Crippen molar-refractivity contribution in [3.8, 4) is 11.5 Å². The summed E-state index contributed by atoms with van der Waals surface area (Å²) in [6, 6.07) is 4.39. The fourth-order valence-corrected chi connectivity index (χ4v) is 4.15. The van der Waals surface area contributed by atoms with Gasteiger partial charge in [-0.25, -0.2) is 0 Å². The van der Waals surface area contributed by atoms with E-state index in [-0.39, 0.29) is 0 Å². The fourth-order valence-electron chi connectivity index (χ4n) is 4.15. The number of fused-ring (bicyclic) bond motifs is 2. The molecule has 31 heavy (non-hydrogen) atoms. The van der Waals surface area contributed by atoms with Crippen molar-refractivity contribution in [3.63, 3.8) is 0 Å². The van der Waals surface area contributed by atoms with Gasteiger partial charge >= 0.3 is 0 Å². The van der Waals surface area contributed by atoms with Crippen LogP contribution in [0, 0.1) is 6.92 Å². The molecular formula is C26H37N3O2. The zero-order valence-electron chi connectivity index (χ0n) is 19.8. The molecule has 0 N–H and O–H groups in total. The Kier molecular flexibility index (Phi) is 8.33. The number of aliphatic imine (C=N–C) groups is 2. The molecule has 1 aliphatic carbocycles. The van der Waals surface area contributed by atoms with Crippen LogP contribution in [0.1, 0.15) is 64.9 Å². The topological polar surface area (TPSA) is 46.4 Å². The molecule has 1 aromatic carbocycles. The molecule has 0 saturated heterocycles. The van der Waals surface area contributed by atoms with Crippen LogP contribution in [0.25, 0.3) is 0 Å². The summed E-state index contributed by atoms with van der Waals surface area (Å²) in [5, 5.41) is 0. The van der Waals surface area contributed by atoms with Gasteiger partial charge in [-0.1, -0.05) is 45.4 Å². The highest BCUT2D eigenvalue weighted by atomic mass is 16.6. The summed E-state index contributed by atoms with van der Waals surface area (Å²) in [5.41, 5.74) is 5.69. The Hall–Kier alpha value is -2.56. The molecule has 1 unspecified atom stereocenters. The van der Waals surface area contributed by atoms with Gasteiger partial charge in [-0.3, -0.25) is 9.98 Å². The third kappa shape index (κ3) is 5.57. The van der Waals surface area contributed by atoms with E-state index in [4.69, 9.17) is 19.5 Å². The van der Waals surface area contributed by atoms with Crippen molar-refractivity contribution in [1.82, 2.24) is 4.90 Å². The fraction of sp³-hybridized carbons (Fsp3) is 0.538. The summed E-state index contributed by atoms with van der Waals surface area (Å²) < 4.78 is 11.6. The quantitative estimate of drug-likeness (QED) is 0.393. The summed E-state index contributed by atoms with van der Waals surface area (Å²) in [6.07, 6.45) is 12.8. The molecular weight excluding hydrogens is 386 g/mol. The van der Waals surface area contributed by atoms with Crippen molar-refractivity contribution in [3.05, 3.63) is 41.7 Å². The van der Waals surface area contributed by atoms with Crippen molar-refractivity contribution >= 4 is 17.1 Å². The number of nitrogens with zero attached hydrogens (tertiary/aromatic N) is 3. The van der Waals surface area contributed by atoms with E-state index in [9.17, 15) is 0 Å². The number of ether oxygens (including phenoxy) is 2. The normalized spacial score (nSPS) is 19.7. The second kappa shape index (κ2) is 11.2. The predicted molar refractivity (Wildman–Crippen MR) is 130 cm³/mol. The SMILES string of the molecule is CC.CCCC(CCC1=CN(C)C2C=CCCC2=N1)=Nc1c(C)ccc2c1OCCO2. The summed E-state index contributed by atoms with van der Waals surface area (Å²) in [6.45, 7) is 9.46. The number of likely N-dealkylation sites (N-methyl/N-ethyl adjacent to an activating group) is 1. The Morgan fingerprint density at radius 2 is 2.00 bits per heavy atom. The molecule has 0 aromatic heterocycles. The average Bonchev–Trinajstić information content (AvgIpc) is 2.81. The number of benzene rings is 1. The third-order valence-electron chi connectivity index (χ3n) is 5.67. The van der Waals surface area contributed by atoms with Crippen molar-refractivity contribution in [1.29, 1.82) is 0 Å². The number of allylic oxidation sites excluding steroid dienone is 2. The van der Waals surface area contributed by atoms with Crippen LogP contribution in [0.4, 0.5) is 5.69 Å². The highest BCUT2D eigenvalue weighted by Crippen LogP contribution is 2.42. The first kappa shape index (κ1) is 23.1. The second-order valence-electron chi connectivity index (χ2n) is 7.98. The van der Waals surface area contributed by atoms with Crippen molar-refractivity contribution < 1.29 is 9.47 Å². The van der Waals surface area contributed by atoms with Crippen LogP contribution < -0.4 is 9.47 Å². The molecule has 168 valence electrons. The summed E-state index contributed by atoms with van der Waals surface area (Å²) >= 11 is 0. The first-order valence-corrected chi connectivity index (χ1v) is 11.8. The van der Waals surface area contributed by atoms with Crippen LogP contribution in [-0.2, 0) is 0 Å². The third-order valence-corrected chi connectivity index (χ3v) is 5.67. The molecule has 0 amide bonds. The molecule has 5 heteroatoms. The lowest BCUT2D eigenvalue weighted by atomic mass is 9.97. The number of hydrogen-bond acceptors (Lipinski definition) is 5. The maximum Gasteiger partial charge on any atom is 0.187 e. The van der Waals surface area contributed by atoms with Crippen molar-refractivity contribution in [2.75, 3.05) is 20.3 Å². The van der Waals surface area contributed by atoms with E-state index in [2.05, 4.69) is 50.2 Å². The second-order valence-corrected chi connectivity index (χ2v) is 7.98. The number of hydrogen-bond donors (Lipinski definition) is 0. The molecule has 2 aliphatic heterocycles. The molecule has 0 radical (unpaired) electrons. The van der Waals surface area contributed by atoms with Gasteiger partial charge in [-0.2, -0.15) is 0 Å². The van der Waals surface area contributed by atoms with E-state index in [0.717, 1.165) is 67.0 Å². The largest absolute Gasteiger partial charge is 0.486 e. The zero-order valence-corrected chi connectivity index (χ0v) is 19.8. The number of aryl methyl sites for hydroxylation is 1. The molecule has 1 aromatic rings. The molecule has 0 bridgehead atoms. The molecule has 1 atom stereocenters. The van der Waals surface area contributed by atoms with Crippen LogP contribution in [-0.4, -0.2) is 42.6 Å². The van der Waals surface area contributed by atoms with Gasteiger partial charge in [0.2, 0.25) is 0 Å². The smallest absolute Gasteiger partial charge is 0.187 e. The van der Waals surface area contributed by atoms with Crippen molar-refractivity contribution in [2.45, 2.75) is 72.3 Å². The van der Waals surface area contributed by atoms with E-state index >= 15 is 0 Å². The van der Waals surface area contributed by atoms with Gasteiger partial charge < -0.3 is 14.4 Å². The maximum absolute atomic E-state index is 5.90. The Bertz CT molecular complexity index is 883. The summed E-state index contributed by atoms with van der Waals surface area (Å²) in [7, 11) is 2.15. The highest BCUT2D eigenvalue weighted by Gasteiger charge is 2.23. The summed E-state index contributed by atoms with van der Waals surface area (Å²) in [5.74, 6) is 1.59. The Balaban J connectivity index is 0.00000132. The van der Waals surface area contributed by atoms with Crippen LogP contribution in [0.3, 0.4) is 0 Å². The maximum atomic E-state index is 5.90. The molecule has 0 spiro atoms. The van der Waals surface area contributed by atoms with E-state index < -0.39 is 0 Å². The van der Waals surface area contributed by atoms with E-state index in [1.165, 1.54) is 11.4 Å². The first-order valence-electron chi connectivity index (χ1n) is 11.8. The monoisotopic (exact) mass is 423 g/mol. The van der Waals surface area contributed by atoms with E-state index in [0.29, 0.717) is 19.3 Å². The Morgan fingerprint density at radius 1 is 1.19 bits per heavy atom. The minimum atomic E-state index is 0.340. The van der Waals surface area contributed by atoms with Gasteiger partial charge in [-0.15, -0.1) is 0 Å². The van der Waals surface area contributed by atoms with Crippen LogP contribution in [0.2, 0.25) is 0 Å². The standard InChI is InChI=1S/C24H31N3O2.C2H6/c1-4-7-18(26-23-17(2)10-13-22-24(23)29-15-14-28-22)11-12-19-16-27(3)21-9-6-5-8-20(21)25-19;1-2/h6,9-10,13,16,21H,4-5,7-8,11-12,14-15H2,1-3H3;1-2H3. The number of rotatable bonds is 6. The van der Waals surface area contributed by atoms with Gasteiger partial charge in [0.25, 0.3) is 0 Å². The molecule has 3 aliphatic rings. The van der Waals surface area contributed by atoms with Gasteiger partial charge in [0.15, 0.2) is 11.5 Å². The lowest BCUT2D eigenvalue weighted by Gasteiger charge is -2.32. The lowest BCUT2D eigenvalue weighted by Crippen LogP contribution is -2.37. The Labute approximate surface area is 187 Å². The minimum absolute atomic E-state index is 0.340. The van der Waals surface area contributed by atoms with Crippen molar-refractivity contribution in [2.24, 2.45) is 9.98 Å². The Morgan fingerprint density at radius 3 is 2.81 bits per heavy atom. The van der Waals surface area contributed by atoms with Crippen LogP contribution in [0.5, 0.6) is 11.5 Å². The van der Waals surface area contributed by atoms with Gasteiger partial charge in [-0.05, 0) is 50.7 Å². The van der Waals surface area contributed by atoms with Gasteiger partial charge in [0.1, 0.15) is 18.9 Å². The molecule has 5 nitrogen and oxygen atoms in total. The van der Waals surface area contributed by atoms with Crippen LogP contribution in [0.15, 0.2) is 46.2 Å². The zero-order chi connectivity index (χ0) is 22.2. The molecule has 4 rings (SSSR count). The van der Waals surface area contributed by atoms with E-state index in [1.807, 2.05) is 19.9 Å². The summed E-state index contributed by atoms with van der Waals surface area (Å²) in [4.78, 5) is 12.3. The van der Waals surface area contributed by atoms with E-state index in [1.54, 1.807) is 0 Å². The lowest BCUT2D eigenvalue weighted by molar-refractivity contribution is 0.172. The molecule has 0 fully saturated rings. The predicted octanol–water partition coefficient (Wildman–Crippen LogP) is 6.39. The first-order chi connectivity index (χ1) is 15.2. The van der Waals surface area contributed by atoms with Crippen LogP contribution >= 0.6 is 0 Å².